The van der Waals surface area contributed by atoms with Crippen molar-refractivity contribution in [3.63, 3.8) is 0 Å². The summed E-state index contributed by atoms with van der Waals surface area (Å²) in [6.07, 6.45) is 0. The summed E-state index contributed by atoms with van der Waals surface area (Å²) in [5.41, 5.74) is -2.18. The third-order valence-corrected chi connectivity index (χ3v) is 5.43. The van der Waals surface area contributed by atoms with Gasteiger partial charge in [0.15, 0.2) is 12.6 Å². The first kappa shape index (κ1) is 20.9. The lowest BCUT2D eigenvalue weighted by molar-refractivity contribution is -0.767. The number of rotatable bonds is 7. The van der Waals surface area contributed by atoms with Crippen LogP contribution >= 0.6 is 0 Å². The summed E-state index contributed by atoms with van der Waals surface area (Å²) in [6.45, 7) is -0.796. The molecule has 170 valence electrons. The van der Waals surface area contributed by atoms with Gasteiger partial charge >= 0.3 is 0 Å². The van der Waals surface area contributed by atoms with Crippen molar-refractivity contribution in [2.45, 2.75) is 19.8 Å². The van der Waals surface area contributed by atoms with Gasteiger partial charge in [0.2, 0.25) is 0 Å². The molecule has 0 N–H and O–H groups in total. The van der Waals surface area contributed by atoms with Gasteiger partial charge in [-0.15, -0.1) is 15.2 Å². The highest BCUT2D eigenvalue weighted by atomic mass is 17.0. The fourth-order valence-corrected chi connectivity index (χ4v) is 3.80. The van der Waals surface area contributed by atoms with E-state index in [0.717, 1.165) is 22.3 Å². The summed E-state index contributed by atoms with van der Waals surface area (Å²) in [4.78, 5) is 65.6. The Kier molecular flexibility index (Phi) is 4.81. The van der Waals surface area contributed by atoms with Gasteiger partial charge in [0, 0.05) is 0 Å². The zero-order chi connectivity index (χ0) is 24.0. The van der Waals surface area contributed by atoms with Crippen LogP contribution in [0, 0.1) is 10.1 Å². The molecule has 0 aliphatic heterocycles. The second-order valence-electron chi connectivity index (χ2n) is 7.40. The molecule has 0 bridgehead atoms. The van der Waals surface area contributed by atoms with Crippen molar-refractivity contribution in [3.05, 3.63) is 105 Å². The van der Waals surface area contributed by atoms with Crippen molar-refractivity contribution in [1.82, 2.24) is 29.3 Å². The maximum absolute atomic E-state index is 13.0. The smallest absolute Gasteiger partial charge is 0.292 e. The number of tetrazole rings is 1. The SMILES string of the molecule is O=c1c2cc3c(=O)n(Cc4nnnn4Cc4ccccc4)c(=O)c3cc2c(=O)n1CO[N+](=O)[O-]. The molecule has 0 radical (unpaired) electrons. The highest BCUT2D eigenvalue weighted by molar-refractivity contribution is 5.97. The minimum absolute atomic E-state index is 0.0657. The van der Waals surface area contributed by atoms with E-state index in [-0.39, 0.29) is 33.9 Å². The highest BCUT2D eigenvalue weighted by Gasteiger charge is 2.21. The first-order chi connectivity index (χ1) is 16.3. The molecule has 0 fully saturated rings. The van der Waals surface area contributed by atoms with E-state index in [9.17, 15) is 29.3 Å². The van der Waals surface area contributed by atoms with E-state index < -0.39 is 34.1 Å². The molecule has 0 atom stereocenters. The molecule has 0 aliphatic carbocycles. The van der Waals surface area contributed by atoms with E-state index in [2.05, 4.69) is 20.4 Å². The van der Waals surface area contributed by atoms with E-state index in [0.29, 0.717) is 11.1 Å². The summed E-state index contributed by atoms with van der Waals surface area (Å²) < 4.78 is 2.90. The molecule has 14 heteroatoms. The summed E-state index contributed by atoms with van der Waals surface area (Å²) in [7, 11) is 0. The number of fused-ring (bicyclic) bond motifs is 2. The number of nitrogens with zero attached hydrogens (tertiary/aromatic N) is 7. The summed E-state index contributed by atoms with van der Waals surface area (Å²) in [5.74, 6) is 0.265. The molecule has 2 aromatic carbocycles. The minimum Gasteiger partial charge on any atom is -0.292 e. The average molecular weight is 463 g/mol. The van der Waals surface area contributed by atoms with E-state index in [1.165, 1.54) is 4.68 Å². The third kappa shape index (κ3) is 3.33. The van der Waals surface area contributed by atoms with Crippen molar-refractivity contribution in [2.24, 2.45) is 0 Å². The predicted octanol–water partition coefficient (Wildman–Crippen LogP) is -0.839. The Hall–Kier alpha value is -5.01. The zero-order valence-electron chi connectivity index (χ0n) is 17.2. The second-order valence-corrected chi connectivity index (χ2v) is 7.40. The summed E-state index contributed by atoms with van der Waals surface area (Å²) in [6, 6.07) is 11.6. The normalized spacial score (nSPS) is 11.4. The largest absolute Gasteiger partial charge is 0.296 e. The Balaban J connectivity index is 1.57. The molecule has 0 amide bonds. The maximum atomic E-state index is 13.0. The van der Waals surface area contributed by atoms with Gasteiger partial charge in [-0.25, -0.2) is 9.25 Å². The predicted molar refractivity (Wildman–Crippen MR) is 115 cm³/mol. The summed E-state index contributed by atoms with van der Waals surface area (Å²) in [5, 5.41) is 20.3. The maximum Gasteiger partial charge on any atom is 0.296 e. The number of hydrogen-bond donors (Lipinski definition) is 0. The second kappa shape index (κ2) is 7.84. The van der Waals surface area contributed by atoms with E-state index in [4.69, 9.17) is 0 Å². The van der Waals surface area contributed by atoms with Crippen LogP contribution in [0.5, 0.6) is 0 Å². The van der Waals surface area contributed by atoms with Crippen LogP contribution in [0.4, 0.5) is 0 Å². The Morgan fingerprint density at radius 1 is 0.824 bits per heavy atom. The number of hydrogen-bond acceptors (Lipinski definition) is 10. The number of benzene rings is 2. The van der Waals surface area contributed by atoms with Crippen LogP contribution in [-0.2, 0) is 24.7 Å². The lowest BCUT2D eigenvalue weighted by atomic mass is 10.1. The lowest BCUT2D eigenvalue weighted by Crippen LogP contribution is -2.28. The highest BCUT2D eigenvalue weighted by Crippen LogP contribution is 2.15. The molecular formula is C20H13N7O7. The van der Waals surface area contributed by atoms with Gasteiger partial charge in [-0.2, -0.15) is 0 Å². The van der Waals surface area contributed by atoms with Crippen LogP contribution in [0.15, 0.2) is 61.6 Å². The van der Waals surface area contributed by atoms with Crippen molar-refractivity contribution >= 4 is 21.5 Å². The summed E-state index contributed by atoms with van der Waals surface area (Å²) >= 11 is 0. The van der Waals surface area contributed by atoms with E-state index in [1.54, 1.807) is 0 Å². The van der Waals surface area contributed by atoms with Gasteiger partial charge in [0.1, 0.15) is 0 Å². The van der Waals surface area contributed by atoms with Gasteiger partial charge in [0.25, 0.3) is 27.3 Å². The minimum atomic E-state index is -1.14. The first-order valence-electron chi connectivity index (χ1n) is 9.82. The standard InChI is InChI=1S/C20H13N7O7/c28-17-12-6-14-15(20(31)25(19(14)30)10-34-27(32)33)7-13(12)18(29)24(17)9-16-21-22-23-26(16)8-11-4-2-1-3-5-11/h1-7H,8-10H2. The Morgan fingerprint density at radius 3 is 1.94 bits per heavy atom. The number of aromatic nitrogens is 6. The molecule has 5 rings (SSSR count). The first-order valence-corrected chi connectivity index (χ1v) is 9.82. The van der Waals surface area contributed by atoms with Gasteiger partial charge in [-0.3, -0.25) is 28.6 Å². The molecule has 34 heavy (non-hydrogen) atoms. The van der Waals surface area contributed by atoms with E-state index >= 15 is 0 Å². The molecule has 0 saturated heterocycles. The molecule has 14 nitrogen and oxygen atoms in total. The van der Waals surface area contributed by atoms with E-state index in [1.807, 2.05) is 30.3 Å². The zero-order valence-corrected chi connectivity index (χ0v) is 17.2. The van der Waals surface area contributed by atoms with Crippen molar-refractivity contribution in [2.75, 3.05) is 0 Å². The monoisotopic (exact) mass is 463 g/mol. The molecule has 5 aromatic rings. The third-order valence-electron chi connectivity index (χ3n) is 5.43. The van der Waals surface area contributed by atoms with Crippen LogP contribution in [-0.4, -0.2) is 34.4 Å². The molecule has 0 unspecified atom stereocenters. The Bertz CT molecular complexity index is 1700. The van der Waals surface area contributed by atoms with Crippen LogP contribution in [0.3, 0.4) is 0 Å². The fourth-order valence-electron chi connectivity index (χ4n) is 3.80. The Morgan fingerprint density at radius 2 is 1.38 bits per heavy atom. The molecule has 3 heterocycles. The van der Waals surface area contributed by atoms with Gasteiger partial charge in [0.05, 0.1) is 34.6 Å². The molecule has 0 aliphatic rings. The average Bonchev–Trinajstić information content (AvgIpc) is 3.43. The topological polar surface area (TPSA) is 174 Å². The van der Waals surface area contributed by atoms with Crippen LogP contribution < -0.4 is 22.2 Å². The van der Waals surface area contributed by atoms with Crippen molar-refractivity contribution in [3.8, 4) is 0 Å². The van der Waals surface area contributed by atoms with Crippen LogP contribution in [0.25, 0.3) is 21.5 Å². The molecular weight excluding hydrogens is 450 g/mol. The molecule has 3 aromatic heterocycles. The van der Waals surface area contributed by atoms with Crippen molar-refractivity contribution in [1.29, 1.82) is 0 Å². The van der Waals surface area contributed by atoms with Gasteiger partial charge in [-0.05, 0) is 28.1 Å². The lowest BCUT2D eigenvalue weighted by Gasteiger charge is -2.04. The van der Waals surface area contributed by atoms with Gasteiger partial charge in [-0.1, -0.05) is 30.3 Å². The van der Waals surface area contributed by atoms with Crippen LogP contribution in [0.2, 0.25) is 0 Å². The Labute approximate surface area is 186 Å². The molecule has 0 saturated carbocycles. The van der Waals surface area contributed by atoms with Gasteiger partial charge < -0.3 is 0 Å². The fraction of sp³-hybridized carbons (Fsp3) is 0.150. The van der Waals surface area contributed by atoms with Crippen LogP contribution in [0.1, 0.15) is 11.4 Å². The quantitative estimate of drug-likeness (QED) is 0.219. The van der Waals surface area contributed by atoms with Crippen molar-refractivity contribution < 1.29 is 9.92 Å². The molecule has 0 spiro atoms.